The Balaban J connectivity index is 1.28. The van der Waals surface area contributed by atoms with Crippen LogP contribution in [0.25, 0.3) is 0 Å². The first kappa shape index (κ1) is 24.9. The molecule has 5 nitrogen and oxygen atoms in total. The molecule has 1 fully saturated rings. The van der Waals surface area contributed by atoms with Gasteiger partial charge in [-0.05, 0) is 79.4 Å². The lowest BCUT2D eigenvalue weighted by molar-refractivity contribution is 0.0549. The Kier molecular flexibility index (Phi) is 6.79. The van der Waals surface area contributed by atoms with Crippen molar-refractivity contribution in [1.82, 2.24) is 4.90 Å². The maximum Gasteiger partial charge on any atom is 0.167 e. The molecule has 5 heteroatoms. The van der Waals surface area contributed by atoms with Gasteiger partial charge in [-0.1, -0.05) is 54.6 Å². The molecular weight excluding hydrogens is 474 g/mol. The summed E-state index contributed by atoms with van der Waals surface area (Å²) in [7, 11) is 3.22. The Hall–Kier alpha value is -3.44. The van der Waals surface area contributed by atoms with Gasteiger partial charge in [0.25, 0.3) is 0 Å². The molecule has 0 radical (unpaired) electrons. The molecule has 38 heavy (non-hydrogen) atoms. The number of likely N-dealkylation sites (tertiary alicyclic amines) is 1. The molecule has 3 aromatic rings. The summed E-state index contributed by atoms with van der Waals surface area (Å²) in [6.07, 6.45) is 3.40. The summed E-state index contributed by atoms with van der Waals surface area (Å²) >= 11 is 0. The predicted octanol–water partition coefficient (Wildman–Crippen LogP) is 5.64. The zero-order chi connectivity index (χ0) is 26.2. The van der Waals surface area contributed by atoms with Gasteiger partial charge in [0.05, 0.1) is 14.2 Å². The number of Topliss-reactive ketones (excluding diaryl/α,β-unsaturated/α-hetero) is 2. The van der Waals surface area contributed by atoms with Gasteiger partial charge in [0.1, 0.15) is 0 Å². The summed E-state index contributed by atoms with van der Waals surface area (Å²) in [5, 5.41) is 0. The Morgan fingerprint density at radius 2 is 1.37 bits per heavy atom. The third kappa shape index (κ3) is 4.43. The summed E-state index contributed by atoms with van der Waals surface area (Å²) in [4.78, 5) is 30.2. The van der Waals surface area contributed by atoms with Crippen molar-refractivity contribution in [2.24, 2.45) is 23.7 Å². The Morgan fingerprint density at radius 1 is 0.763 bits per heavy atom. The van der Waals surface area contributed by atoms with E-state index >= 15 is 0 Å². The third-order valence-corrected chi connectivity index (χ3v) is 9.07. The van der Waals surface area contributed by atoms with E-state index in [1.807, 2.05) is 30.3 Å². The number of ether oxygens (including phenoxy) is 2. The summed E-state index contributed by atoms with van der Waals surface area (Å²) in [5.41, 5.74) is 5.03. The van der Waals surface area contributed by atoms with Crippen molar-refractivity contribution in [2.45, 2.75) is 32.2 Å². The average Bonchev–Trinajstić information content (AvgIpc) is 3.45. The molecule has 0 saturated carbocycles. The highest BCUT2D eigenvalue weighted by Gasteiger charge is 2.48. The van der Waals surface area contributed by atoms with Crippen LogP contribution in [0.5, 0.6) is 11.5 Å². The monoisotopic (exact) mass is 509 g/mol. The SMILES string of the molecule is COc1cc2c(cc1OC)C(=O)C(C(C1CCN(Cc3ccccc3)CC1)C1Cc3ccccc3C1=O)C2. The zero-order valence-corrected chi connectivity index (χ0v) is 22.2. The first-order valence-electron chi connectivity index (χ1n) is 13.7. The van der Waals surface area contributed by atoms with Gasteiger partial charge in [-0.15, -0.1) is 0 Å². The van der Waals surface area contributed by atoms with E-state index in [0.29, 0.717) is 23.8 Å². The van der Waals surface area contributed by atoms with Gasteiger partial charge in [-0.25, -0.2) is 0 Å². The molecule has 0 N–H and O–H groups in total. The van der Waals surface area contributed by atoms with Crippen molar-refractivity contribution in [2.75, 3.05) is 27.3 Å². The van der Waals surface area contributed by atoms with E-state index in [1.165, 1.54) is 5.56 Å². The molecular formula is C33H35NO4. The molecule has 1 aliphatic heterocycles. The fourth-order valence-electron chi connectivity index (χ4n) is 7.21. The minimum Gasteiger partial charge on any atom is -0.493 e. The van der Waals surface area contributed by atoms with Gasteiger partial charge in [-0.2, -0.15) is 0 Å². The number of fused-ring (bicyclic) bond motifs is 2. The van der Waals surface area contributed by atoms with Gasteiger partial charge >= 0.3 is 0 Å². The number of rotatable bonds is 7. The number of carbonyl (C=O) groups excluding carboxylic acids is 2. The number of hydrogen-bond acceptors (Lipinski definition) is 5. The van der Waals surface area contributed by atoms with Crippen LogP contribution in [-0.2, 0) is 19.4 Å². The number of nitrogens with zero attached hydrogens (tertiary/aromatic N) is 1. The number of hydrogen-bond donors (Lipinski definition) is 0. The summed E-state index contributed by atoms with van der Waals surface area (Å²) in [6.45, 7) is 2.91. The summed E-state index contributed by atoms with van der Waals surface area (Å²) < 4.78 is 11.0. The van der Waals surface area contributed by atoms with Gasteiger partial charge in [0, 0.05) is 29.5 Å². The maximum absolute atomic E-state index is 14.0. The van der Waals surface area contributed by atoms with Crippen LogP contribution < -0.4 is 9.47 Å². The van der Waals surface area contributed by atoms with Crippen LogP contribution in [0, 0.1) is 23.7 Å². The molecule has 196 valence electrons. The van der Waals surface area contributed by atoms with E-state index in [9.17, 15) is 9.59 Å². The number of carbonyl (C=O) groups is 2. The van der Waals surface area contributed by atoms with E-state index in [4.69, 9.17) is 9.47 Å². The van der Waals surface area contributed by atoms with Crippen LogP contribution in [0.1, 0.15) is 50.2 Å². The third-order valence-electron chi connectivity index (χ3n) is 9.07. The van der Waals surface area contributed by atoms with Gasteiger partial charge in [0.15, 0.2) is 23.1 Å². The molecule has 3 atom stereocenters. The molecule has 3 unspecified atom stereocenters. The lowest BCUT2D eigenvalue weighted by atomic mass is 9.67. The molecule has 3 aromatic carbocycles. The fraction of sp³-hybridized carbons (Fsp3) is 0.394. The molecule has 6 rings (SSSR count). The number of benzene rings is 3. The second kappa shape index (κ2) is 10.4. The second-order valence-electron chi connectivity index (χ2n) is 11.0. The van der Waals surface area contributed by atoms with Crippen molar-refractivity contribution in [3.8, 4) is 11.5 Å². The second-order valence-corrected chi connectivity index (χ2v) is 11.0. The number of ketones is 2. The summed E-state index contributed by atoms with van der Waals surface area (Å²) in [5.74, 6) is 1.60. The molecule has 1 saturated heterocycles. The van der Waals surface area contributed by atoms with Crippen LogP contribution in [0.15, 0.2) is 66.7 Å². The van der Waals surface area contributed by atoms with E-state index in [2.05, 4.69) is 41.3 Å². The topological polar surface area (TPSA) is 55.8 Å². The standard InChI is InChI=1S/C33H35NO4/c1-37-29-18-24-17-28(33(36)26(24)19-30(29)38-2)31(27-16-23-10-6-7-11-25(23)32(27)35)22-12-14-34(15-13-22)20-21-8-4-3-5-9-21/h3-11,18-19,22,27-28,31H,12-17,20H2,1-2H3. The van der Waals surface area contributed by atoms with Crippen LogP contribution in [0.4, 0.5) is 0 Å². The molecule has 2 aliphatic carbocycles. The Morgan fingerprint density at radius 3 is 2.05 bits per heavy atom. The molecule has 0 bridgehead atoms. The molecule has 0 spiro atoms. The van der Waals surface area contributed by atoms with Crippen molar-refractivity contribution < 1.29 is 19.1 Å². The van der Waals surface area contributed by atoms with Crippen LogP contribution >= 0.6 is 0 Å². The predicted molar refractivity (Wildman–Crippen MR) is 147 cm³/mol. The van der Waals surface area contributed by atoms with Crippen molar-refractivity contribution in [3.63, 3.8) is 0 Å². The fourth-order valence-corrected chi connectivity index (χ4v) is 7.21. The molecule has 0 aromatic heterocycles. The van der Waals surface area contributed by atoms with Crippen LogP contribution in [0.2, 0.25) is 0 Å². The molecule has 0 amide bonds. The highest BCUT2D eigenvalue weighted by Crippen LogP contribution is 2.48. The largest absolute Gasteiger partial charge is 0.493 e. The quantitative estimate of drug-likeness (QED) is 0.412. The smallest absolute Gasteiger partial charge is 0.167 e. The molecule has 3 aliphatic rings. The highest BCUT2D eigenvalue weighted by molar-refractivity contribution is 6.05. The highest BCUT2D eigenvalue weighted by atomic mass is 16.5. The first-order chi connectivity index (χ1) is 18.6. The molecule has 1 heterocycles. The van der Waals surface area contributed by atoms with Crippen molar-refractivity contribution in [1.29, 1.82) is 0 Å². The van der Waals surface area contributed by atoms with Crippen LogP contribution in [0.3, 0.4) is 0 Å². The zero-order valence-electron chi connectivity index (χ0n) is 22.2. The van der Waals surface area contributed by atoms with Gasteiger partial charge in [-0.3, -0.25) is 14.5 Å². The van der Waals surface area contributed by atoms with Gasteiger partial charge < -0.3 is 9.47 Å². The normalized spacial score (nSPS) is 22.3. The van der Waals surface area contributed by atoms with Gasteiger partial charge in [0.2, 0.25) is 0 Å². The maximum atomic E-state index is 14.0. The summed E-state index contributed by atoms with van der Waals surface area (Å²) in [6, 6.07) is 22.4. The first-order valence-corrected chi connectivity index (χ1v) is 13.7. The number of methoxy groups -OCH3 is 2. The lowest BCUT2D eigenvalue weighted by Gasteiger charge is -2.40. The van der Waals surface area contributed by atoms with E-state index in [0.717, 1.165) is 61.2 Å². The lowest BCUT2D eigenvalue weighted by Crippen LogP contribution is -2.42. The minimum atomic E-state index is -0.198. The van der Waals surface area contributed by atoms with E-state index < -0.39 is 0 Å². The van der Waals surface area contributed by atoms with Crippen LogP contribution in [-0.4, -0.2) is 43.8 Å². The Labute approximate surface area is 224 Å². The Bertz CT molecular complexity index is 1340. The van der Waals surface area contributed by atoms with Crippen molar-refractivity contribution in [3.05, 3.63) is 94.5 Å². The number of piperidine rings is 1. The minimum absolute atomic E-state index is 0.0191. The van der Waals surface area contributed by atoms with Crippen molar-refractivity contribution >= 4 is 11.6 Å². The van der Waals surface area contributed by atoms with E-state index in [1.54, 1.807) is 14.2 Å². The van der Waals surface area contributed by atoms with E-state index in [-0.39, 0.29) is 29.3 Å². The average molecular weight is 510 g/mol.